The third kappa shape index (κ3) is 9.81. The van der Waals surface area contributed by atoms with Gasteiger partial charge in [0.1, 0.15) is 6.07 Å². The van der Waals surface area contributed by atoms with E-state index in [-0.39, 0.29) is 11.7 Å². The zero-order valence-electron chi connectivity index (χ0n) is 27.5. The first kappa shape index (κ1) is 34.7. The van der Waals surface area contributed by atoms with E-state index in [2.05, 4.69) is 54.5 Å². The zero-order valence-corrected chi connectivity index (χ0v) is 27.5. The van der Waals surface area contributed by atoms with E-state index >= 15 is 0 Å². The van der Waals surface area contributed by atoms with Crippen LogP contribution in [0.4, 0.5) is 0 Å². The number of nitriles is 1. The van der Waals surface area contributed by atoms with Gasteiger partial charge >= 0.3 is 0 Å². The lowest BCUT2D eigenvalue weighted by atomic mass is 9.77. The molecule has 1 saturated heterocycles. The summed E-state index contributed by atoms with van der Waals surface area (Å²) in [6, 6.07) is 2.28. The van der Waals surface area contributed by atoms with Crippen LogP contribution in [0.25, 0.3) is 0 Å². The van der Waals surface area contributed by atoms with Gasteiger partial charge in [-0.15, -0.1) is 0 Å². The van der Waals surface area contributed by atoms with Crippen LogP contribution in [0.2, 0.25) is 0 Å². The second-order valence-electron chi connectivity index (χ2n) is 14.4. The van der Waals surface area contributed by atoms with Crippen LogP contribution in [0.5, 0.6) is 0 Å². The summed E-state index contributed by atoms with van der Waals surface area (Å²) in [5.74, 6) is 1.32. The molecule has 228 valence electrons. The van der Waals surface area contributed by atoms with Crippen molar-refractivity contribution >= 4 is 5.78 Å². The molecule has 0 spiro atoms. The standard InChI is InChI=1S/C35H59NO4/c1-25(2)14-11-15-27(5)16-12-17-28(6)18-13-20-33(9)21-19-31-22-32(37)29(7)30(8)35(31,38-33)40-39-34(10,24-36)23-26(3)4/h22,25-28H,11-21,23H2,1-10H3/t27?,28?,33?,34-,35+/m1/s1. The average Bonchev–Trinajstić information content (AvgIpc) is 2.86. The molecule has 0 aromatic carbocycles. The molecule has 40 heavy (non-hydrogen) atoms. The maximum Gasteiger partial charge on any atom is 0.247 e. The summed E-state index contributed by atoms with van der Waals surface area (Å²) in [5.41, 5.74) is 0.614. The van der Waals surface area contributed by atoms with Gasteiger partial charge in [0, 0.05) is 5.57 Å². The monoisotopic (exact) mass is 557 g/mol. The number of ketones is 1. The Morgan fingerprint density at radius 3 is 2.10 bits per heavy atom. The minimum absolute atomic E-state index is 0.00721. The number of nitrogens with zero attached hydrogens (tertiary/aromatic N) is 1. The van der Waals surface area contributed by atoms with E-state index in [1.807, 2.05) is 13.8 Å². The van der Waals surface area contributed by atoms with Crippen molar-refractivity contribution in [2.45, 2.75) is 163 Å². The third-order valence-corrected chi connectivity index (χ3v) is 9.12. The van der Waals surface area contributed by atoms with E-state index in [0.717, 1.165) is 42.2 Å². The smallest absolute Gasteiger partial charge is 0.247 e. The Morgan fingerprint density at radius 1 is 0.975 bits per heavy atom. The number of fused-ring (bicyclic) bond motifs is 1. The van der Waals surface area contributed by atoms with Gasteiger partial charge in [-0.3, -0.25) is 4.79 Å². The highest BCUT2D eigenvalue weighted by Gasteiger charge is 2.53. The summed E-state index contributed by atoms with van der Waals surface area (Å²) < 4.78 is 6.86. The van der Waals surface area contributed by atoms with Crippen LogP contribution in [0.1, 0.15) is 146 Å². The number of hydrogen-bond donors (Lipinski definition) is 0. The molecule has 0 aromatic rings. The SMILES string of the molecule is CC1=C(C)[C@@]2(OO[C@@](C)(C#N)CC(C)C)OC(C)(CCCC(C)CCCC(C)CCCC(C)C)CCC2=CC1=O. The molecule has 1 aliphatic carbocycles. The molecule has 3 unspecified atom stereocenters. The van der Waals surface area contributed by atoms with Crippen LogP contribution in [0, 0.1) is 35.0 Å². The molecule has 1 heterocycles. The first-order valence-electron chi connectivity index (χ1n) is 16.1. The molecular formula is C35H59NO4. The quantitative estimate of drug-likeness (QED) is 0.131. The average molecular weight is 558 g/mol. The Morgan fingerprint density at radius 2 is 1.55 bits per heavy atom. The van der Waals surface area contributed by atoms with Gasteiger partial charge < -0.3 is 4.74 Å². The number of carbonyl (C=O) groups excluding carboxylic acids is 1. The Kier molecular flexibility index (Phi) is 13.1. The highest BCUT2D eigenvalue weighted by molar-refractivity contribution is 6.06. The molecule has 5 heteroatoms. The van der Waals surface area contributed by atoms with Crippen molar-refractivity contribution in [1.82, 2.24) is 0 Å². The lowest BCUT2D eigenvalue weighted by Gasteiger charge is -2.49. The van der Waals surface area contributed by atoms with Crippen molar-refractivity contribution in [3.05, 3.63) is 22.8 Å². The number of hydrogen-bond acceptors (Lipinski definition) is 5. The van der Waals surface area contributed by atoms with E-state index in [9.17, 15) is 10.1 Å². The summed E-state index contributed by atoms with van der Waals surface area (Å²) in [6.07, 6.45) is 14.9. The van der Waals surface area contributed by atoms with Gasteiger partial charge in [0.2, 0.25) is 5.79 Å². The molecule has 5 nitrogen and oxygen atoms in total. The Bertz CT molecular complexity index is 944. The van der Waals surface area contributed by atoms with E-state index in [1.54, 1.807) is 13.0 Å². The zero-order chi connectivity index (χ0) is 30.1. The van der Waals surface area contributed by atoms with Crippen molar-refractivity contribution in [3.63, 3.8) is 0 Å². The van der Waals surface area contributed by atoms with E-state index < -0.39 is 17.0 Å². The van der Waals surface area contributed by atoms with Crippen molar-refractivity contribution in [1.29, 1.82) is 5.26 Å². The van der Waals surface area contributed by atoms with Crippen LogP contribution in [0.3, 0.4) is 0 Å². The predicted octanol–water partition coefficient (Wildman–Crippen LogP) is 9.81. The summed E-state index contributed by atoms with van der Waals surface area (Å²) >= 11 is 0. The molecule has 0 saturated carbocycles. The predicted molar refractivity (Wildman–Crippen MR) is 163 cm³/mol. The fourth-order valence-electron chi connectivity index (χ4n) is 6.35. The largest absolute Gasteiger partial charge is 0.334 e. The third-order valence-electron chi connectivity index (χ3n) is 9.12. The fourth-order valence-corrected chi connectivity index (χ4v) is 6.35. The van der Waals surface area contributed by atoms with Crippen LogP contribution < -0.4 is 0 Å². The Labute approximate surface area is 246 Å². The molecule has 0 amide bonds. The van der Waals surface area contributed by atoms with Gasteiger partial charge in [0.25, 0.3) is 0 Å². The van der Waals surface area contributed by atoms with Crippen LogP contribution in [-0.4, -0.2) is 22.8 Å². The van der Waals surface area contributed by atoms with Gasteiger partial charge in [-0.1, -0.05) is 92.9 Å². The first-order valence-corrected chi connectivity index (χ1v) is 16.1. The molecule has 1 aliphatic heterocycles. The first-order chi connectivity index (χ1) is 18.6. The summed E-state index contributed by atoms with van der Waals surface area (Å²) in [5, 5.41) is 9.86. The van der Waals surface area contributed by atoms with Crippen molar-refractivity contribution in [2.24, 2.45) is 23.7 Å². The topological polar surface area (TPSA) is 68.6 Å². The highest BCUT2D eigenvalue weighted by Crippen LogP contribution is 2.49. The number of allylic oxidation sites excluding steroid dienone is 2. The number of ether oxygens (including phenoxy) is 1. The molecule has 0 bridgehead atoms. The van der Waals surface area contributed by atoms with E-state index in [4.69, 9.17) is 14.5 Å². The molecule has 2 rings (SSSR count). The molecule has 1 fully saturated rings. The van der Waals surface area contributed by atoms with E-state index in [1.165, 1.54) is 44.9 Å². The molecule has 2 aliphatic rings. The van der Waals surface area contributed by atoms with Crippen LogP contribution in [-0.2, 0) is 19.3 Å². The van der Waals surface area contributed by atoms with Gasteiger partial charge in [0.05, 0.1) is 5.60 Å². The van der Waals surface area contributed by atoms with Gasteiger partial charge in [-0.05, 0) is 94.3 Å². The minimum Gasteiger partial charge on any atom is -0.334 e. The number of rotatable bonds is 17. The van der Waals surface area contributed by atoms with Crippen molar-refractivity contribution in [2.75, 3.05) is 0 Å². The number of carbonyl (C=O) groups is 1. The molecule has 0 N–H and O–H groups in total. The van der Waals surface area contributed by atoms with Gasteiger partial charge in [-0.25, -0.2) is 4.89 Å². The highest BCUT2D eigenvalue weighted by atomic mass is 17.2. The normalized spacial score (nSPS) is 26.4. The van der Waals surface area contributed by atoms with Crippen LogP contribution >= 0.6 is 0 Å². The van der Waals surface area contributed by atoms with Crippen LogP contribution in [0.15, 0.2) is 22.8 Å². The van der Waals surface area contributed by atoms with Crippen molar-refractivity contribution in [3.8, 4) is 6.07 Å². The lowest BCUT2D eigenvalue weighted by molar-refractivity contribution is -0.452. The molecule has 0 radical (unpaired) electrons. The van der Waals surface area contributed by atoms with E-state index in [0.29, 0.717) is 24.3 Å². The Hall–Kier alpha value is -1.48. The summed E-state index contributed by atoms with van der Waals surface area (Å²) in [4.78, 5) is 24.8. The maximum absolute atomic E-state index is 12.7. The second-order valence-corrected chi connectivity index (χ2v) is 14.4. The molecular weight excluding hydrogens is 498 g/mol. The second kappa shape index (κ2) is 15.1. The van der Waals surface area contributed by atoms with Gasteiger partial charge in [0.15, 0.2) is 11.4 Å². The van der Waals surface area contributed by atoms with Gasteiger partial charge in [-0.2, -0.15) is 10.1 Å². The maximum atomic E-state index is 12.7. The minimum atomic E-state index is -1.27. The summed E-state index contributed by atoms with van der Waals surface area (Å²) in [6.45, 7) is 21.2. The van der Waals surface area contributed by atoms with Crippen molar-refractivity contribution < 1.29 is 19.3 Å². The lowest BCUT2D eigenvalue weighted by Crippen LogP contribution is -2.54. The summed E-state index contributed by atoms with van der Waals surface area (Å²) in [7, 11) is 0. The fraction of sp³-hybridized carbons (Fsp3) is 0.829. The Balaban J connectivity index is 1.99. The molecule has 0 aromatic heterocycles. The molecule has 5 atom stereocenters.